The van der Waals surface area contributed by atoms with Crippen molar-refractivity contribution in [2.75, 3.05) is 0 Å². The maximum Gasteiger partial charge on any atom is 0.341 e. The third-order valence-electron chi connectivity index (χ3n) is 3.42. The number of carboxylic acids is 1. The van der Waals surface area contributed by atoms with Crippen LogP contribution in [0.25, 0.3) is 10.9 Å². The normalized spacial score (nSPS) is 20.8. The van der Waals surface area contributed by atoms with Crippen LogP contribution in [-0.2, 0) is 0 Å². The lowest BCUT2D eigenvalue weighted by Gasteiger charge is -2.13. The van der Waals surface area contributed by atoms with Gasteiger partial charge >= 0.3 is 5.97 Å². The summed E-state index contributed by atoms with van der Waals surface area (Å²) in [4.78, 5) is 23.1. The number of carboxylic acid groups (broad SMARTS) is 1. The lowest BCUT2D eigenvalue weighted by molar-refractivity contribution is 0.0694. The van der Waals surface area contributed by atoms with Gasteiger partial charge in [-0.1, -0.05) is 11.6 Å². The number of fused-ring (bicyclic) bond motifs is 1. The number of halogens is 4. The molecule has 0 bridgehead atoms. The number of pyridine rings is 1. The minimum absolute atomic E-state index is 0.0896. The van der Waals surface area contributed by atoms with E-state index in [0.717, 1.165) is 10.8 Å². The molecule has 2 atom stereocenters. The summed E-state index contributed by atoms with van der Waals surface area (Å²) in [7, 11) is 0. The Balaban J connectivity index is 2.49. The Kier molecular flexibility index (Phi) is 2.98. The van der Waals surface area contributed by atoms with Crippen LogP contribution in [0.15, 0.2) is 17.1 Å². The Hall–Kier alpha value is -2.02. The molecule has 1 N–H and O–H groups in total. The fourth-order valence-electron chi connectivity index (χ4n) is 2.27. The monoisotopic (exact) mass is 317 g/mol. The van der Waals surface area contributed by atoms with Gasteiger partial charge in [-0.15, -0.1) is 0 Å². The molecule has 0 unspecified atom stereocenters. The van der Waals surface area contributed by atoms with Crippen LogP contribution in [0.3, 0.4) is 0 Å². The average Bonchev–Trinajstić information content (AvgIpc) is 3.14. The first-order chi connectivity index (χ1) is 9.82. The summed E-state index contributed by atoms with van der Waals surface area (Å²) in [5.74, 6) is -4.27. The largest absolute Gasteiger partial charge is 0.477 e. The highest BCUT2D eigenvalue weighted by Gasteiger charge is 2.40. The quantitative estimate of drug-likeness (QED) is 0.866. The van der Waals surface area contributed by atoms with Crippen molar-refractivity contribution in [3.63, 3.8) is 0 Å². The van der Waals surface area contributed by atoms with Crippen molar-refractivity contribution in [3.8, 4) is 0 Å². The van der Waals surface area contributed by atoms with E-state index in [1.807, 2.05) is 0 Å². The molecule has 1 aliphatic carbocycles. The molecule has 0 saturated heterocycles. The second-order valence-electron chi connectivity index (χ2n) is 4.79. The van der Waals surface area contributed by atoms with Gasteiger partial charge in [-0.2, -0.15) is 0 Å². The molecule has 2 aromatic rings. The van der Waals surface area contributed by atoms with E-state index >= 15 is 0 Å². The van der Waals surface area contributed by atoms with E-state index in [9.17, 15) is 22.8 Å². The van der Waals surface area contributed by atoms with Gasteiger partial charge in [-0.05, 0) is 6.07 Å². The van der Waals surface area contributed by atoms with E-state index < -0.39 is 51.2 Å². The summed E-state index contributed by atoms with van der Waals surface area (Å²) in [6.07, 6.45) is -0.242. The molecule has 1 aromatic heterocycles. The molecule has 0 spiro atoms. The van der Waals surface area contributed by atoms with Gasteiger partial charge in [0.25, 0.3) is 0 Å². The van der Waals surface area contributed by atoms with Crippen molar-refractivity contribution >= 4 is 28.5 Å². The Morgan fingerprint density at radius 3 is 2.57 bits per heavy atom. The molecular formula is C13H7ClF3NO3. The van der Waals surface area contributed by atoms with Crippen LogP contribution in [0.4, 0.5) is 13.2 Å². The highest BCUT2D eigenvalue weighted by molar-refractivity contribution is 6.35. The van der Waals surface area contributed by atoms with Gasteiger partial charge in [-0.3, -0.25) is 4.79 Å². The van der Waals surface area contributed by atoms with Crippen molar-refractivity contribution in [2.45, 2.75) is 18.6 Å². The molecule has 0 aliphatic heterocycles. The number of carbonyl (C=O) groups is 1. The first-order valence-corrected chi connectivity index (χ1v) is 6.30. The molecule has 1 heterocycles. The summed E-state index contributed by atoms with van der Waals surface area (Å²) in [6, 6.07) is -0.161. The zero-order chi connectivity index (χ0) is 15.5. The Morgan fingerprint density at radius 1 is 1.43 bits per heavy atom. The molecule has 1 saturated carbocycles. The van der Waals surface area contributed by atoms with Crippen LogP contribution >= 0.6 is 11.6 Å². The third-order valence-corrected chi connectivity index (χ3v) is 3.77. The molecule has 8 heteroatoms. The molecule has 3 rings (SSSR count). The highest BCUT2D eigenvalue weighted by Crippen LogP contribution is 2.42. The van der Waals surface area contributed by atoms with Crippen LogP contribution < -0.4 is 5.43 Å². The van der Waals surface area contributed by atoms with Crippen molar-refractivity contribution in [1.82, 2.24) is 4.57 Å². The zero-order valence-electron chi connectivity index (χ0n) is 10.2. The van der Waals surface area contributed by atoms with E-state index in [1.165, 1.54) is 0 Å². The number of aromatic nitrogens is 1. The lowest BCUT2D eigenvalue weighted by atomic mass is 10.1. The number of benzene rings is 1. The van der Waals surface area contributed by atoms with Gasteiger partial charge in [0.2, 0.25) is 5.43 Å². The van der Waals surface area contributed by atoms with Crippen LogP contribution in [0.2, 0.25) is 5.02 Å². The Labute approximate surface area is 120 Å². The summed E-state index contributed by atoms with van der Waals surface area (Å²) in [5.41, 5.74) is -1.84. The summed E-state index contributed by atoms with van der Waals surface area (Å²) < 4.78 is 41.4. The van der Waals surface area contributed by atoms with Gasteiger partial charge < -0.3 is 9.67 Å². The second-order valence-corrected chi connectivity index (χ2v) is 5.16. The highest BCUT2D eigenvalue weighted by atomic mass is 35.5. The molecule has 4 nitrogen and oxygen atoms in total. The molecule has 110 valence electrons. The molecule has 1 aromatic carbocycles. The first-order valence-electron chi connectivity index (χ1n) is 5.92. The number of alkyl halides is 1. The third kappa shape index (κ3) is 1.99. The first kappa shape index (κ1) is 13.9. The minimum Gasteiger partial charge on any atom is -0.477 e. The van der Waals surface area contributed by atoms with Gasteiger partial charge in [0.05, 0.1) is 16.9 Å². The van der Waals surface area contributed by atoms with E-state index in [2.05, 4.69) is 0 Å². The molecular weight excluding hydrogens is 311 g/mol. The van der Waals surface area contributed by atoms with Gasteiger partial charge in [-0.25, -0.2) is 18.0 Å². The SMILES string of the molecule is O=C(O)c1cn([C@H]2C[C@H]2F)c2c(Cl)c(F)c(F)cc2c1=O. The number of nitrogens with zero attached hydrogens (tertiary/aromatic N) is 1. The molecule has 1 fully saturated rings. The zero-order valence-corrected chi connectivity index (χ0v) is 11.0. The van der Waals surface area contributed by atoms with Crippen LogP contribution in [0.5, 0.6) is 0 Å². The predicted octanol–water partition coefficient (Wildman–Crippen LogP) is 2.91. The number of rotatable bonds is 2. The number of hydrogen-bond acceptors (Lipinski definition) is 2. The summed E-state index contributed by atoms with van der Waals surface area (Å²) in [5, 5.41) is 7.94. The summed E-state index contributed by atoms with van der Waals surface area (Å²) in [6.45, 7) is 0. The summed E-state index contributed by atoms with van der Waals surface area (Å²) >= 11 is 5.72. The standard InChI is InChI=1S/C13H7ClF3NO3/c14-9-10(17)7(16)1-4-11(9)18(8-2-6(8)15)3-5(12(4)19)13(20)21/h1,3,6,8H,2H2,(H,20,21)/t6-,8+/m1/s1. The number of hydrogen-bond donors (Lipinski definition) is 1. The maximum atomic E-state index is 13.6. The lowest BCUT2D eigenvalue weighted by Crippen LogP contribution is -2.19. The van der Waals surface area contributed by atoms with Crippen molar-refractivity contribution < 1.29 is 23.1 Å². The average molecular weight is 318 g/mol. The van der Waals surface area contributed by atoms with Crippen molar-refractivity contribution in [1.29, 1.82) is 0 Å². The maximum absolute atomic E-state index is 13.6. The molecule has 21 heavy (non-hydrogen) atoms. The van der Waals surface area contributed by atoms with E-state index in [-0.39, 0.29) is 11.9 Å². The van der Waals surface area contributed by atoms with Gasteiger partial charge in [0.15, 0.2) is 11.6 Å². The predicted molar refractivity (Wildman–Crippen MR) is 68.6 cm³/mol. The van der Waals surface area contributed by atoms with Gasteiger partial charge in [0, 0.05) is 12.6 Å². The van der Waals surface area contributed by atoms with Crippen LogP contribution in [0.1, 0.15) is 22.8 Å². The van der Waals surface area contributed by atoms with E-state index in [0.29, 0.717) is 6.07 Å². The second kappa shape index (κ2) is 4.49. The Bertz CT molecular complexity index is 849. The fourth-order valence-corrected chi connectivity index (χ4v) is 2.56. The van der Waals surface area contributed by atoms with E-state index in [1.54, 1.807) is 0 Å². The smallest absolute Gasteiger partial charge is 0.341 e. The van der Waals surface area contributed by atoms with Crippen molar-refractivity contribution in [2.24, 2.45) is 0 Å². The van der Waals surface area contributed by atoms with Crippen LogP contribution in [0, 0.1) is 11.6 Å². The van der Waals surface area contributed by atoms with Crippen LogP contribution in [-0.4, -0.2) is 21.8 Å². The number of aromatic carboxylic acids is 1. The molecule has 0 radical (unpaired) electrons. The van der Waals surface area contributed by atoms with E-state index in [4.69, 9.17) is 16.7 Å². The molecule has 1 aliphatic rings. The van der Waals surface area contributed by atoms with Gasteiger partial charge in [0.1, 0.15) is 16.8 Å². The topological polar surface area (TPSA) is 59.3 Å². The fraction of sp³-hybridized carbons (Fsp3) is 0.231. The Morgan fingerprint density at radius 2 is 2.05 bits per heavy atom. The van der Waals surface area contributed by atoms with Crippen molar-refractivity contribution in [3.05, 3.63) is 44.7 Å². The molecule has 0 amide bonds. The minimum atomic E-state index is -1.53.